The summed E-state index contributed by atoms with van der Waals surface area (Å²) in [4.78, 5) is 19.4. The predicted octanol–water partition coefficient (Wildman–Crippen LogP) is 3.12. The molecule has 0 spiro atoms. The number of carbonyl (C=O) groups excluding carboxylic acids is 1. The summed E-state index contributed by atoms with van der Waals surface area (Å²) in [6, 6.07) is 15.2. The molecule has 0 saturated carbocycles. The Morgan fingerprint density at radius 3 is 2.83 bits per heavy atom. The van der Waals surface area contributed by atoms with Crippen LogP contribution in [0.1, 0.15) is 5.56 Å². The number of carbonyl (C=O) groups is 1. The Labute approximate surface area is 144 Å². The number of imidazole rings is 1. The number of amides is 2. The van der Waals surface area contributed by atoms with Gasteiger partial charge in [0.05, 0.1) is 18.1 Å². The van der Waals surface area contributed by atoms with Crippen LogP contribution in [0.3, 0.4) is 0 Å². The van der Waals surface area contributed by atoms with Crippen molar-refractivity contribution in [1.29, 1.82) is 0 Å². The maximum Gasteiger partial charge on any atom is 0.325 e. The van der Waals surface area contributed by atoms with Gasteiger partial charge in [-0.3, -0.25) is 4.72 Å². The summed E-state index contributed by atoms with van der Waals surface area (Å²) < 4.78 is 8.01. The van der Waals surface area contributed by atoms with E-state index in [1.54, 1.807) is 7.11 Å². The molecular formula is C17H18N4O2S. The molecule has 0 aliphatic heterocycles. The van der Waals surface area contributed by atoms with Gasteiger partial charge < -0.3 is 15.0 Å². The lowest BCUT2D eigenvalue weighted by Gasteiger charge is -2.09. The number of fused-ring (bicyclic) bond motifs is 1. The van der Waals surface area contributed by atoms with E-state index < -0.39 is 0 Å². The molecule has 0 fully saturated rings. The van der Waals surface area contributed by atoms with Crippen molar-refractivity contribution in [3.05, 3.63) is 54.1 Å². The van der Waals surface area contributed by atoms with Gasteiger partial charge in [0.15, 0.2) is 5.16 Å². The SMILES string of the molecule is COc1ccccc1CCNC(=O)NSc1nc2ccccc2[nH]1. The van der Waals surface area contributed by atoms with Crippen LogP contribution in [-0.4, -0.2) is 29.7 Å². The third kappa shape index (κ3) is 3.99. The van der Waals surface area contributed by atoms with E-state index in [9.17, 15) is 4.79 Å². The zero-order valence-corrected chi connectivity index (χ0v) is 14.0. The molecule has 6 nitrogen and oxygen atoms in total. The highest BCUT2D eigenvalue weighted by Crippen LogP contribution is 2.18. The molecule has 3 rings (SSSR count). The summed E-state index contributed by atoms with van der Waals surface area (Å²) in [5, 5.41) is 3.47. The Kier molecular flexibility index (Phi) is 5.22. The van der Waals surface area contributed by atoms with E-state index in [1.807, 2.05) is 48.5 Å². The number of benzene rings is 2. The Morgan fingerprint density at radius 2 is 2.00 bits per heavy atom. The Bertz CT molecular complexity index is 801. The van der Waals surface area contributed by atoms with Crippen LogP contribution in [0.25, 0.3) is 11.0 Å². The van der Waals surface area contributed by atoms with Crippen LogP contribution in [0.2, 0.25) is 0 Å². The lowest BCUT2D eigenvalue weighted by atomic mass is 10.1. The highest BCUT2D eigenvalue weighted by Gasteiger charge is 2.06. The van der Waals surface area contributed by atoms with Crippen LogP contribution >= 0.6 is 11.9 Å². The summed E-state index contributed by atoms with van der Waals surface area (Å²) in [6.07, 6.45) is 0.701. The highest BCUT2D eigenvalue weighted by atomic mass is 32.2. The zero-order chi connectivity index (χ0) is 16.8. The lowest BCUT2D eigenvalue weighted by molar-refractivity contribution is 0.246. The maximum absolute atomic E-state index is 11.9. The van der Waals surface area contributed by atoms with Crippen molar-refractivity contribution in [2.45, 2.75) is 11.6 Å². The van der Waals surface area contributed by atoms with Gasteiger partial charge >= 0.3 is 6.03 Å². The van der Waals surface area contributed by atoms with E-state index in [0.717, 1.165) is 34.3 Å². The minimum atomic E-state index is -0.254. The Morgan fingerprint density at radius 1 is 1.21 bits per heavy atom. The number of methoxy groups -OCH3 is 1. The van der Waals surface area contributed by atoms with Gasteiger partial charge in [0, 0.05) is 18.5 Å². The lowest BCUT2D eigenvalue weighted by Crippen LogP contribution is -2.32. The number of nitrogens with one attached hydrogen (secondary N) is 3. The molecule has 7 heteroatoms. The highest BCUT2D eigenvalue weighted by molar-refractivity contribution is 7.97. The average Bonchev–Trinajstić information content (AvgIpc) is 3.03. The second-order valence-corrected chi connectivity index (χ2v) is 5.88. The standard InChI is InChI=1S/C17H18N4O2S/c1-23-15-9-5-2-6-12(15)10-11-18-16(22)21-24-17-19-13-7-3-4-8-14(13)20-17/h2-9H,10-11H2,1H3,(H,19,20)(H2,18,21,22). The van der Waals surface area contributed by atoms with Gasteiger partial charge in [-0.15, -0.1) is 0 Å². The van der Waals surface area contributed by atoms with E-state index in [0.29, 0.717) is 18.1 Å². The molecule has 3 N–H and O–H groups in total. The van der Waals surface area contributed by atoms with Crippen LogP contribution in [0, 0.1) is 0 Å². The molecule has 3 aromatic rings. The molecule has 0 atom stereocenters. The number of para-hydroxylation sites is 3. The van der Waals surface area contributed by atoms with Crippen molar-refractivity contribution in [2.24, 2.45) is 0 Å². The smallest absolute Gasteiger partial charge is 0.325 e. The molecule has 1 aromatic heterocycles. The van der Waals surface area contributed by atoms with Crippen LogP contribution in [-0.2, 0) is 6.42 Å². The number of H-pyrrole nitrogens is 1. The number of aromatic nitrogens is 2. The number of aromatic amines is 1. The first kappa shape index (κ1) is 16.2. The van der Waals surface area contributed by atoms with Gasteiger partial charge in [-0.2, -0.15) is 0 Å². The third-order valence-electron chi connectivity index (χ3n) is 3.48. The summed E-state index contributed by atoms with van der Waals surface area (Å²) in [5.41, 5.74) is 2.88. The molecule has 0 aliphatic rings. The van der Waals surface area contributed by atoms with Gasteiger partial charge in [-0.05, 0) is 30.2 Å². The monoisotopic (exact) mass is 342 g/mol. The molecule has 0 saturated heterocycles. The minimum Gasteiger partial charge on any atom is -0.496 e. The molecule has 2 amide bonds. The quantitative estimate of drug-likeness (QED) is 0.601. The molecule has 0 unspecified atom stereocenters. The molecule has 0 aliphatic carbocycles. The van der Waals surface area contributed by atoms with E-state index in [1.165, 1.54) is 0 Å². The Hall–Kier alpha value is -2.67. The fourth-order valence-corrected chi connectivity index (χ4v) is 2.90. The minimum absolute atomic E-state index is 0.254. The molecule has 1 heterocycles. The molecule has 2 aromatic carbocycles. The van der Waals surface area contributed by atoms with Gasteiger partial charge in [-0.25, -0.2) is 9.78 Å². The van der Waals surface area contributed by atoms with Crippen molar-refractivity contribution in [3.8, 4) is 5.75 Å². The van der Waals surface area contributed by atoms with E-state index >= 15 is 0 Å². The number of rotatable bonds is 6. The number of ether oxygens (including phenoxy) is 1. The van der Waals surface area contributed by atoms with Gasteiger partial charge in [0.2, 0.25) is 0 Å². The first-order chi connectivity index (χ1) is 11.8. The van der Waals surface area contributed by atoms with Gasteiger partial charge in [-0.1, -0.05) is 30.3 Å². The van der Waals surface area contributed by atoms with E-state index in [2.05, 4.69) is 20.0 Å². The molecular weight excluding hydrogens is 324 g/mol. The van der Waals surface area contributed by atoms with Crippen LogP contribution < -0.4 is 14.8 Å². The second kappa shape index (κ2) is 7.74. The summed E-state index contributed by atoms with van der Waals surface area (Å²) in [5.74, 6) is 0.830. The Balaban J connectivity index is 1.46. The van der Waals surface area contributed by atoms with Crippen LogP contribution in [0.15, 0.2) is 53.7 Å². The normalized spacial score (nSPS) is 10.5. The summed E-state index contributed by atoms with van der Waals surface area (Å²) >= 11 is 1.15. The van der Waals surface area contributed by atoms with E-state index in [-0.39, 0.29) is 6.03 Å². The molecule has 0 bridgehead atoms. The van der Waals surface area contributed by atoms with Crippen LogP contribution in [0.5, 0.6) is 5.75 Å². The predicted molar refractivity (Wildman–Crippen MR) is 95.2 cm³/mol. The average molecular weight is 342 g/mol. The molecule has 24 heavy (non-hydrogen) atoms. The topological polar surface area (TPSA) is 79.0 Å². The van der Waals surface area contributed by atoms with E-state index in [4.69, 9.17) is 4.74 Å². The number of hydrogen-bond acceptors (Lipinski definition) is 4. The fourth-order valence-electron chi connectivity index (χ4n) is 2.33. The zero-order valence-electron chi connectivity index (χ0n) is 13.2. The molecule has 124 valence electrons. The third-order valence-corrected chi connectivity index (χ3v) is 4.15. The summed E-state index contributed by atoms with van der Waals surface area (Å²) in [7, 11) is 1.64. The number of hydrogen-bond donors (Lipinski definition) is 3. The molecule has 0 radical (unpaired) electrons. The maximum atomic E-state index is 11.9. The van der Waals surface area contributed by atoms with Crippen molar-refractivity contribution in [1.82, 2.24) is 20.0 Å². The van der Waals surface area contributed by atoms with Crippen LogP contribution in [0.4, 0.5) is 4.79 Å². The number of nitrogens with zero attached hydrogens (tertiary/aromatic N) is 1. The first-order valence-corrected chi connectivity index (χ1v) is 8.35. The largest absolute Gasteiger partial charge is 0.496 e. The first-order valence-electron chi connectivity index (χ1n) is 7.53. The van der Waals surface area contributed by atoms with Gasteiger partial charge in [0.25, 0.3) is 0 Å². The van der Waals surface area contributed by atoms with Crippen molar-refractivity contribution in [3.63, 3.8) is 0 Å². The van der Waals surface area contributed by atoms with Crippen molar-refractivity contribution < 1.29 is 9.53 Å². The number of urea groups is 1. The van der Waals surface area contributed by atoms with Crippen molar-refractivity contribution in [2.75, 3.05) is 13.7 Å². The van der Waals surface area contributed by atoms with Crippen molar-refractivity contribution >= 4 is 29.0 Å². The second-order valence-electron chi connectivity index (χ2n) is 5.08. The fraction of sp³-hybridized carbons (Fsp3) is 0.176. The van der Waals surface area contributed by atoms with Gasteiger partial charge in [0.1, 0.15) is 5.75 Å². The summed E-state index contributed by atoms with van der Waals surface area (Å²) in [6.45, 7) is 0.521.